The lowest BCUT2D eigenvalue weighted by Crippen LogP contribution is -2.23. The molecule has 0 fully saturated rings. The van der Waals surface area contributed by atoms with Gasteiger partial charge in [-0.25, -0.2) is 12.8 Å². The molecule has 28 heavy (non-hydrogen) atoms. The van der Waals surface area contributed by atoms with Crippen molar-refractivity contribution in [2.24, 2.45) is 0 Å². The van der Waals surface area contributed by atoms with E-state index in [1.54, 1.807) is 30.5 Å². The maximum atomic E-state index is 13.4. The third-order valence-corrected chi connectivity index (χ3v) is 5.51. The predicted octanol–water partition coefficient (Wildman–Crippen LogP) is 3.87. The summed E-state index contributed by atoms with van der Waals surface area (Å²) in [6.45, 7) is 0.117. The monoisotopic (exact) mass is 418 g/mol. The van der Waals surface area contributed by atoms with E-state index in [1.807, 2.05) is 0 Å². The van der Waals surface area contributed by atoms with Crippen LogP contribution in [0.2, 0.25) is 5.02 Å². The van der Waals surface area contributed by atoms with E-state index < -0.39 is 9.84 Å². The van der Waals surface area contributed by atoms with Crippen molar-refractivity contribution in [3.05, 3.63) is 82.9 Å². The van der Waals surface area contributed by atoms with Crippen molar-refractivity contribution in [1.29, 1.82) is 0 Å². The highest BCUT2D eigenvalue weighted by molar-refractivity contribution is 7.90. The Bertz CT molecular complexity index is 1150. The van der Waals surface area contributed by atoms with Crippen LogP contribution in [0.4, 0.5) is 4.39 Å². The molecule has 0 unspecified atom stereocenters. The molecule has 0 spiro atoms. The molecule has 0 aliphatic rings. The normalized spacial score (nSPS) is 11.2. The summed E-state index contributed by atoms with van der Waals surface area (Å²) in [6, 6.07) is 12.0. The standard InChI is InChI=1S/C20H16ClFN2O3S/c1-28(26,27)18-6-5-14(19(21)9-18)12-24-20(25)16-7-15(10-23-11-16)13-3-2-4-17(22)8-13/h2-11H,12H2,1H3,(H,24,25). The molecule has 0 saturated heterocycles. The summed E-state index contributed by atoms with van der Waals surface area (Å²) in [5.74, 6) is -0.756. The average Bonchev–Trinajstić information content (AvgIpc) is 2.66. The van der Waals surface area contributed by atoms with Crippen LogP contribution in [0, 0.1) is 5.82 Å². The highest BCUT2D eigenvalue weighted by Crippen LogP contribution is 2.22. The summed E-state index contributed by atoms with van der Waals surface area (Å²) < 4.78 is 36.5. The van der Waals surface area contributed by atoms with Crippen molar-refractivity contribution in [3.8, 4) is 11.1 Å². The van der Waals surface area contributed by atoms with Crippen LogP contribution < -0.4 is 5.32 Å². The smallest absolute Gasteiger partial charge is 0.253 e. The molecule has 144 valence electrons. The summed E-state index contributed by atoms with van der Waals surface area (Å²) in [6.07, 6.45) is 4.05. The van der Waals surface area contributed by atoms with E-state index in [2.05, 4.69) is 10.3 Å². The first-order chi connectivity index (χ1) is 13.2. The van der Waals surface area contributed by atoms with Gasteiger partial charge in [-0.15, -0.1) is 0 Å². The van der Waals surface area contributed by atoms with Crippen LogP contribution >= 0.6 is 11.6 Å². The van der Waals surface area contributed by atoms with Gasteiger partial charge < -0.3 is 5.32 Å². The van der Waals surface area contributed by atoms with Crippen LogP contribution in [-0.4, -0.2) is 25.6 Å². The number of amides is 1. The summed E-state index contributed by atoms with van der Waals surface area (Å²) in [5, 5.41) is 2.96. The Balaban J connectivity index is 1.75. The highest BCUT2D eigenvalue weighted by Gasteiger charge is 2.12. The number of hydrogen-bond donors (Lipinski definition) is 1. The lowest BCUT2D eigenvalue weighted by molar-refractivity contribution is 0.0950. The van der Waals surface area contributed by atoms with Crippen LogP contribution in [0.15, 0.2) is 65.8 Å². The van der Waals surface area contributed by atoms with Gasteiger partial charge in [-0.2, -0.15) is 0 Å². The minimum atomic E-state index is -3.36. The molecule has 8 heteroatoms. The summed E-state index contributed by atoms with van der Waals surface area (Å²) in [5.41, 5.74) is 2.12. The molecule has 0 bridgehead atoms. The Kier molecular flexibility index (Phi) is 5.76. The fourth-order valence-electron chi connectivity index (χ4n) is 2.57. The average molecular weight is 419 g/mol. The molecule has 0 radical (unpaired) electrons. The number of halogens is 2. The first-order valence-corrected chi connectivity index (χ1v) is 10.5. The third-order valence-electron chi connectivity index (χ3n) is 4.05. The van der Waals surface area contributed by atoms with Crippen LogP contribution in [0.5, 0.6) is 0 Å². The van der Waals surface area contributed by atoms with Crippen molar-refractivity contribution in [2.75, 3.05) is 6.26 Å². The third kappa shape index (κ3) is 4.74. The number of hydrogen-bond acceptors (Lipinski definition) is 4. The van der Waals surface area contributed by atoms with Gasteiger partial charge in [0.25, 0.3) is 5.91 Å². The molecular weight excluding hydrogens is 403 g/mol. The largest absolute Gasteiger partial charge is 0.348 e. The Morgan fingerprint density at radius 2 is 1.89 bits per heavy atom. The van der Waals surface area contributed by atoms with E-state index in [1.165, 1.54) is 30.5 Å². The number of nitrogens with zero attached hydrogens (tertiary/aromatic N) is 1. The number of nitrogens with one attached hydrogen (secondary N) is 1. The van der Waals surface area contributed by atoms with E-state index in [0.717, 1.165) is 6.26 Å². The van der Waals surface area contributed by atoms with Gasteiger partial charge in [-0.3, -0.25) is 9.78 Å². The zero-order valence-corrected chi connectivity index (χ0v) is 16.4. The minimum absolute atomic E-state index is 0.111. The predicted molar refractivity (Wildman–Crippen MR) is 105 cm³/mol. The van der Waals surface area contributed by atoms with Crippen molar-refractivity contribution in [1.82, 2.24) is 10.3 Å². The molecule has 0 saturated carbocycles. The Labute approximate surface area is 167 Å². The number of rotatable bonds is 5. The summed E-state index contributed by atoms with van der Waals surface area (Å²) in [4.78, 5) is 16.6. The van der Waals surface area contributed by atoms with Crippen molar-refractivity contribution >= 4 is 27.3 Å². The number of carbonyl (C=O) groups excluding carboxylic acids is 1. The molecule has 0 aliphatic carbocycles. The molecule has 3 rings (SSSR count). The molecule has 0 aliphatic heterocycles. The van der Waals surface area contributed by atoms with E-state index in [-0.39, 0.29) is 28.2 Å². The molecule has 1 aromatic heterocycles. The van der Waals surface area contributed by atoms with E-state index in [4.69, 9.17) is 11.6 Å². The van der Waals surface area contributed by atoms with Crippen LogP contribution in [0.1, 0.15) is 15.9 Å². The molecule has 3 aromatic rings. The van der Waals surface area contributed by atoms with Gasteiger partial charge in [0.1, 0.15) is 5.82 Å². The summed E-state index contributed by atoms with van der Waals surface area (Å²) in [7, 11) is -3.36. The molecule has 1 amide bonds. The van der Waals surface area contributed by atoms with Gasteiger partial charge >= 0.3 is 0 Å². The molecule has 5 nitrogen and oxygen atoms in total. The molecular formula is C20H16ClFN2O3S. The minimum Gasteiger partial charge on any atom is -0.348 e. The molecule has 0 atom stereocenters. The zero-order chi connectivity index (χ0) is 20.3. The van der Waals surface area contributed by atoms with E-state index in [9.17, 15) is 17.6 Å². The highest BCUT2D eigenvalue weighted by atomic mass is 35.5. The maximum absolute atomic E-state index is 13.4. The second-order valence-electron chi connectivity index (χ2n) is 6.18. The Morgan fingerprint density at radius 1 is 1.11 bits per heavy atom. The van der Waals surface area contributed by atoms with Gasteiger partial charge in [0.05, 0.1) is 10.5 Å². The van der Waals surface area contributed by atoms with E-state index >= 15 is 0 Å². The van der Waals surface area contributed by atoms with Gasteiger partial charge in [-0.1, -0.05) is 29.8 Å². The maximum Gasteiger partial charge on any atom is 0.253 e. The molecule has 1 N–H and O–H groups in total. The fraction of sp³-hybridized carbons (Fsp3) is 0.100. The first-order valence-electron chi connectivity index (χ1n) is 8.22. The van der Waals surface area contributed by atoms with E-state index in [0.29, 0.717) is 22.3 Å². The van der Waals surface area contributed by atoms with Gasteiger partial charge in [0.2, 0.25) is 0 Å². The van der Waals surface area contributed by atoms with Gasteiger partial charge in [0, 0.05) is 35.8 Å². The van der Waals surface area contributed by atoms with Crippen LogP contribution in [0.3, 0.4) is 0 Å². The molecule has 2 aromatic carbocycles. The first kappa shape index (κ1) is 20.0. The Hall–Kier alpha value is -2.77. The number of sulfone groups is 1. The Morgan fingerprint density at radius 3 is 2.57 bits per heavy atom. The second kappa shape index (κ2) is 8.08. The number of aromatic nitrogens is 1. The second-order valence-corrected chi connectivity index (χ2v) is 8.60. The van der Waals surface area contributed by atoms with Crippen molar-refractivity contribution in [3.63, 3.8) is 0 Å². The fourth-order valence-corrected chi connectivity index (χ4v) is 3.53. The number of benzene rings is 2. The topological polar surface area (TPSA) is 76.1 Å². The lowest BCUT2D eigenvalue weighted by atomic mass is 10.1. The quantitative estimate of drug-likeness (QED) is 0.682. The van der Waals surface area contributed by atoms with Crippen molar-refractivity contribution < 1.29 is 17.6 Å². The van der Waals surface area contributed by atoms with Crippen LogP contribution in [-0.2, 0) is 16.4 Å². The summed E-state index contributed by atoms with van der Waals surface area (Å²) >= 11 is 6.12. The lowest BCUT2D eigenvalue weighted by Gasteiger charge is -2.09. The van der Waals surface area contributed by atoms with Crippen LogP contribution in [0.25, 0.3) is 11.1 Å². The number of pyridine rings is 1. The van der Waals surface area contributed by atoms with Crippen molar-refractivity contribution in [2.45, 2.75) is 11.4 Å². The number of carbonyl (C=O) groups is 1. The molecule has 1 heterocycles. The SMILES string of the molecule is CS(=O)(=O)c1ccc(CNC(=O)c2cncc(-c3cccc(F)c3)c2)c(Cl)c1. The van der Waals surface area contributed by atoms with Gasteiger partial charge in [-0.05, 0) is 41.5 Å². The zero-order valence-electron chi connectivity index (χ0n) is 14.8. The van der Waals surface area contributed by atoms with Gasteiger partial charge in [0.15, 0.2) is 9.84 Å².